The molecular weight excluding hydrogens is 264 g/mol. The second-order valence-electron chi connectivity index (χ2n) is 4.88. The maximum Gasteiger partial charge on any atom is 0.194 e. The highest BCUT2D eigenvalue weighted by molar-refractivity contribution is 5.79. The summed E-state index contributed by atoms with van der Waals surface area (Å²) < 4.78 is 1.95. The topological polar surface area (TPSA) is 58.3 Å². The van der Waals surface area contributed by atoms with Crippen LogP contribution in [0.25, 0.3) is 0 Å². The highest BCUT2D eigenvalue weighted by atomic mass is 15.3. The summed E-state index contributed by atoms with van der Waals surface area (Å²) in [7, 11) is 3.98. The van der Waals surface area contributed by atoms with Gasteiger partial charge in [-0.15, -0.1) is 23.4 Å². The Morgan fingerprint density at radius 3 is 2.71 bits per heavy atom. The predicted octanol–water partition coefficient (Wildman–Crippen LogP) is 1.65. The van der Waals surface area contributed by atoms with Crippen LogP contribution >= 0.6 is 0 Å². The van der Waals surface area contributed by atoms with Crippen molar-refractivity contribution in [2.75, 3.05) is 20.1 Å². The van der Waals surface area contributed by atoms with E-state index in [1.165, 1.54) is 0 Å². The average molecular weight is 290 g/mol. The molecule has 1 heterocycles. The molecule has 0 saturated carbocycles. The van der Waals surface area contributed by atoms with Gasteiger partial charge in [0.15, 0.2) is 11.8 Å². The standard InChI is InChI=1S/C15H26N6/c1-6-8-9-11-20(4)15(16-10-7-2)17-12-14-19-18-13(3)21(14)5/h6-7H,1-2,8-12H2,3-5H3,(H,16,17). The number of rotatable bonds is 8. The second-order valence-corrected chi connectivity index (χ2v) is 4.88. The predicted molar refractivity (Wildman–Crippen MR) is 87.1 cm³/mol. The number of unbranched alkanes of at least 4 members (excludes halogenated alkanes) is 1. The van der Waals surface area contributed by atoms with Gasteiger partial charge in [0.25, 0.3) is 0 Å². The lowest BCUT2D eigenvalue weighted by molar-refractivity contribution is 0.470. The molecular formula is C15H26N6. The maximum absolute atomic E-state index is 4.62. The van der Waals surface area contributed by atoms with Crippen LogP contribution in [0, 0.1) is 6.92 Å². The monoisotopic (exact) mass is 290 g/mol. The minimum absolute atomic E-state index is 0.503. The number of hydrogen-bond donors (Lipinski definition) is 1. The third-order valence-electron chi connectivity index (χ3n) is 3.22. The van der Waals surface area contributed by atoms with E-state index in [-0.39, 0.29) is 0 Å². The molecule has 0 aromatic carbocycles. The average Bonchev–Trinajstić information content (AvgIpc) is 2.79. The van der Waals surface area contributed by atoms with Crippen LogP contribution in [-0.2, 0) is 13.6 Å². The number of hydrogen-bond acceptors (Lipinski definition) is 3. The number of nitrogens with zero attached hydrogens (tertiary/aromatic N) is 5. The molecule has 0 aliphatic carbocycles. The zero-order valence-corrected chi connectivity index (χ0v) is 13.3. The molecule has 0 atom stereocenters. The number of aliphatic imine (C=N–C) groups is 1. The molecule has 1 aromatic rings. The van der Waals surface area contributed by atoms with E-state index in [1.807, 2.05) is 37.7 Å². The molecule has 6 heteroatoms. The van der Waals surface area contributed by atoms with Crippen molar-refractivity contribution in [3.8, 4) is 0 Å². The zero-order valence-electron chi connectivity index (χ0n) is 13.3. The molecule has 0 spiro atoms. The summed E-state index contributed by atoms with van der Waals surface area (Å²) in [6.07, 6.45) is 5.81. The lowest BCUT2D eigenvalue weighted by atomic mass is 10.3. The summed E-state index contributed by atoms with van der Waals surface area (Å²) in [5.74, 6) is 2.59. The highest BCUT2D eigenvalue weighted by Gasteiger charge is 2.07. The molecule has 1 N–H and O–H groups in total. The molecule has 0 radical (unpaired) electrons. The van der Waals surface area contributed by atoms with Crippen LogP contribution < -0.4 is 5.32 Å². The summed E-state index contributed by atoms with van der Waals surface area (Å²) in [4.78, 5) is 6.73. The fourth-order valence-electron chi connectivity index (χ4n) is 1.79. The van der Waals surface area contributed by atoms with Crippen LogP contribution in [0.2, 0.25) is 0 Å². The molecule has 0 saturated heterocycles. The van der Waals surface area contributed by atoms with Crippen molar-refractivity contribution < 1.29 is 0 Å². The molecule has 21 heavy (non-hydrogen) atoms. The Labute approximate surface area is 127 Å². The fraction of sp³-hybridized carbons (Fsp3) is 0.533. The normalized spacial score (nSPS) is 11.3. The van der Waals surface area contributed by atoms with Gasteiger partial charge in [-0.3, -0.25) is 0 Å². The van der Waals surface area contributed by atoms with Gasteiger partial charge in [-0.25, -0.2) is 4.99 Å². The number of aryl methyl sites for hydroxylation is 1. The Balaban J connectivity index is 2.70. The first-order valence-electron chi connectivity index (χ1n) is 7.16. The molecule has 116 valence electrons. The second kappa shape index (κ2) is 8.94. The molecule has 0 bridgehead atoms. The summed E-state index contributed by atoms with van der Waals surface area (Å²) in [6.45, 7) is 11.5. The van der Waals surface area contributed by atoms with Crippen LogP contribution in [-0.4, -0.2) is 45.8 Å². The van der Waals surface area contributed by atoms with Crippen molar-refractivity contribution in [3.63, 3.8) is 0 Å². The third kappa shape index (κ3) is 5.41. The van der Waals surface area contributed by atoms with Crippen molar-refractivity contribution in [1.82, 2.24) is 25.0 Å². The van der Waals surface area contributed by atoms with Gasteiger partial charge >= 0.3 is 0 Å². The van der Waals surface area contributed by atoms with E-state index in [1.54, 1.807) is 0 Å². The van der Waals surface area contributed by atoms with E-state index in [4.69, 9.17) is 0 Å². The quantitative estimate of drug-likeness (QED) is 0.342. The molecule has 0 unspecified atom stereocenters. The van der Waals surface area contributed by atoms with Crippen LogP contribution in [0.15, 0.2) is 30.3 Å². The van der Waals surface area contributed by atoms with E-state index in [2.05, 4.69) is 38.6 Å². The van der Waals surface area contributed by atoms with Gasteiger partial charge in [0.2, 0.25) is 0 Å². The van der Waals surface area contributed by atoms with Crippen LogP contribution in [0.4, 0.5) is 0 Å². The Morgan fingerprint density at radius 2 is 2.14 bits per heavy atom. The minimum atomic E-state index is 0.503. The van der Waals surface area contributed by atoms with Gasteiger partial charge in [-0.2, -0.15) is 0 Å². The van der Waals surface area contributed by atoms with Crippen LogP contribution in [0.5, 0.6) is 0 Å². The molecule has 6 nitrogen and oxygen atoms in total. The van der Waals surface area contributed by atoms with Crippen LogP contribution in [0.1, 0.15) is 24.5 Å². The highest BCUT2D eigenvalue weighted by Crippen LogP contribution is 2.01. The van der Waals surface area contributed by atoms with Gasteiger partial charge in [-0.05, 0) is 19.8 Å². The summed E-state index contributed by atoms with van der Waals surface area (Å²) in [5.41, 5.74) is 0. The van der Waals surface area contributed by atoms with E-state index in [0.717, 1.165) is 37.0 Å². The molecule has 0 fully saturated rings. The lowest BCUT2D eigenvalue weighted by Crippen LogP contribution is -2.39. The first-order valence-corrected chi connectivity index (χ1v) is 7.16. The summed E-state index contributed by atoms with van der Waals surface area (Å²) in [6, 6.07) is 0. The van der Waals surface area contributed by atoms with Crippen molar-refractivity contribution in [2.24, 2.45) is 12.0 Å². The van der Waals surface area contributed by atoms with Gasteiger partial charge in [0.1, 0.15) is 12.4 Å². The molecule has 0 aliphatic heterocycles. The van der Waals surface area contributed by atoms with E-state index < -0.39 is 0 Å². The van der Waals surface area contributed by atoms with Gasteiger partial charge < -0.3 is 14.8 Å². The zero-order chi connectivity index (χ0) is 15.7. The van der Waals surface area contributed by atoms with E-state index in [0.29, 0.717) is 13.1 Å². The Kier molecular flexibility index (Phi) is 7.21. The molecule has 0 aliphatic rings. The summed E-state index contributed by atoms with van der Waals surface area (Å²) in [5, 5.41) is 11.4. The molecule has 1 rings (SSSR count). The molecule has 1 aromatic heterocycles. The van der Waals surface area contributed by atoms with Gasteiger partial charge in [0.05, 0.1) is 0 Å². The van der Waals surface area contributed by atoms with Crippen molar-refractivity contribution >= 4 is 5.96 Å². The fourth-order valence-corrected chi connectivity index (χ4v) is 1.79. The van der Waals surface area contributed by atoms with Crippen LogP contribution in [0.3, 0.4) is 0 Å². The Hall–Kier alpha value is -2.11. The number of guanidine groups is 1. The number of aromatic nitrogens is 3. The maximum atomic E-state index is 4.62. The smallest absolute Gasteiger partial charge is 0.194 e. The number of nitrogens with one attached hydrogen (secondary N) is 1. The van der Waals surface area contributed by atoms with E-state index in [9.17, 15) is 0 Å². The van der Waals surface area contributed by atoms with Gasteiger partial charge in [-0.1, -0.05) is 12.2 Å². The lowest BCUT2D eigenvalue weighted by Gasteiger charge is -2.21. The summed E-state index contributed by atoms with van der Waals surface area (Å²) >= 11 is 0. The van der Waals surface area contributed by atoms with E-state index >= 15 is 0 Å². The third-order valence-corrected chi connectivity index (χ3v) is 3.22. The van der Waals surface area contributed by atoms with Crippen molar-refractivity contribution in [2.45, 2.75) is 26.3 Å². The first kappa shape index (κ1) is 16.9. The minimum Gasteiger partial charge on any atom is -0.353 e. The largest absolute Gasteiger partial charge is 0.353 e. The Bertz CT molecular complexity index is 488. The van der Waals surface area contributed by atoms with Crippen molar-refractivity contribution in [3.05, 3.63) is 37.0 Å². The first-order chi connectivity index (χ1) is 10.1. The SMILES string of the molecule is C=CCCCN(C)C(=NCc1nnc(C)n1C)NCC=C. The van der Waals surface area contributed by atoms with Gasteiger partial charge in [0, 0.05) is 27.2 Å². The Morgan fingerprint density at radius 1 is 1.38 bits per heavy atom. The molecule has 0 amide bonds. The van der Waals surface area contributed by atoms with Crippen molar-refractivity contribution in [1.29, 1.82) is 0 Å². The number of allylic oxidation sites excluding steroid dienone is 1.